The van der Waals surface area contributed by atoms with Crippen LogP contribution in [0.15, 0.2) is 29.2 Å². The minimum atomic E-state index is -0.952. The van der Waals surface area contributed by atoms with Crippen LogP contribution >= 0.6 is 11.8 Å². The molecule has 2 rings (SSSR count). The van der Waals surface area contributed by atoms with Gasteiger partial charge in [0.1, 0.15) is 12.3 Å². The van der Waals surface area contributed by atoms with Crippen molar-refractivity contribution in [2.45, 2.75) is 12.8 Å². The van der Waals surface area contributed by atoms with Gasteiger partial charge in [-0.15, -0.1) is 0 Å². The van der Waals surface area contributed by atoms with Crippen molar-refractivity contribution in [3.05, 3.63) is 34.7 Å². The second-order valence-electron chi connectivity index (χ2n) is 5.36. The number of carboxylic acids is 1. The second kappa shape index (κ2) is 9.04. The molecule has 0 spiro atoms. The van der Waals surface area contributed by atoms with Crippen molar-refractivity contribution in [3.63, 3.8) is 0 Å². The Morgan fingerprint density at radius 2 is 2.04 bits per heavy atom. The number of carboxylic acid groups (broad SMARTS) is 1. The van der Waals surface area contributed by atoms with Crippen LogP contribution in [0.2, 0.25) is 0 Å². The van der Waals surface area contributed by atoms with Gasteiger partial charge in [-0.1, -0.05) is 18.2 Å². The number of nitrogens with zero attached hydrogens (tertiary/aromatic N) is 1. The lowest BCUT2D eigenvalue weighted by atomic mass is 10.2. The number of carbonyl (C=O) groups excluding carboxylic acids is 3. The molecule has 1 fully saturated rings. The molecule has 2 N–H and O–H groups in total. The molecule has 0 aliphatic carbocycles. The third-order valence-corrected chi connectivity index (χ3v) is 4.40. The Hall–Kier alpha value is -2.81. The summed E-state index contributed by atoms with van der Waals surface area (Å²) in [4.78, 5) is 47.8. The van der Waals surface area contributed by atoms with E-state index >= 15 is 0 Å². The number of imide groups is 1. The largest absolute Gasteiger partial charge is 0.496 e. The van der Waals surface area contributed by atoms with Gasteiger partial charge in [0.2, 0.25) is 5.91 Å². The highest BCUT2D eigenvalue weighted by Gasteiger charge is 2.36. The number of benzene rings is 1. The van der Waals surface area contributed by atoms with E-state index in [4.69, 9.17) is 9.84 Å². The van der Waals surface area contributed by atoms with Crippen molar-refractivity contribution in [2.75, 3.05) is 20.2 Å². The van der Waals surface area contributed by atoms with Crippen LogP contribution in [-0.2, 0) is 14.4 Å². The molecule has 0 atom stereocenters. The van der Waals surface area contributed by atoms with Crippen molar-refractivity contribution >= 4 is 40.9 Å². The summed E-state index contributed by atoms with van der Waals surface area (Å²) in [7, 11) is 1.51. The van der Waals surface area contributed by atoms with Crippen molar-refractivity contribution in [2.24, 2.45) is 0 Å². The highest BCUT2D eigenvalue weighted by molar-refractivity contribution is 8.18. The molecule has 26 heavy (non-hydrogen) atoms. The summed E-state index contributed by atoms with van der Waals surface area (Å²) in [5.74, 6) is -1.45. The van der Waals surface area contributed by atoms with Gasteiger partial charge in [0.15, 0.2) is 0 Å². The molecule has 138 valence electrons. The van der Waals surface area contributed by atoms with E-state index in [1.54, 1.807) is 30.3 Å². The van der Waals surface area contributed by atoms with Gasteiger partial charge in [-0.3, -0.25) is 24.1 Å². The summed E-state index contributed by atoms with van der Waals surface area (Å²) in [6, 6.07) is 7.06. The molecule has 3 amide bonds. The van der Waals surface area contributed by atoms with Gasteiger partial charge < -0.3 is 15.2 Å². The molecule has 0 radical (unpaired) electrons. The van der Waals surface area contributed by atoms with Gasteiger partial charge >= 0.3 is 5.97 Å². The highest BCUT2D eigenvalue weighted by Crippen LogP contribution is 2.33. The summed E-state index contributed by atoms with van der Waals surface area (Å²) in [5, 5.41) is 10.5. The highest BCUT2D eigenvalue weighted by atomic mass is 32.2. The van der Waals surface area contributed by atoms with E-state index in [-0.39, 0.29) is 24.3 Å². The quantitative estimate of drug-likeness (QED) is 0.523. The Morgan fingerprint density at radius 3 is 2.73 bits per heavy atom. The van der Waals surface area contributed by atoms with Crippen molar-refractivity contribution in [1.82, 2.24) is 10.2 Å². The molecule has 0 bridgehead atoms. The van der Waals surface area contributed by atoms with Crippen molar-refractivity contribution in [3.8, 4) is 5.75 Å². The molecule has 1 aliphatic heterocycles. The lowest BCUT2D eigenvalue weighted by molar-refractivity contribution is -0.137. The Labute approximate surface area is 154 Å². The third kappa shape index (κ3) is 5.09. The van der Waals surface area contributed by atoms with Crippen molar-refractivity contribution < 1.29 is 29.0 Å². The predicted octanol–water partition coefficient (Wildman–Crippen LogP) is 1.71. The number of thioether (sulfide) groups is 1. The minimum absolute atomic E-state index is 0.0660. The molecular formula is C17H18N2O6S. The first-order valence-corrected chi connectivity index (χ1v) is 8.61. The zero-order chi connectivity index (χ0) is 19.1. The number of ether oxygens (including phenoxy) is 1. The number of nitrogens with one attached hydrogen (secondary N) is 1. The maximum absolute atomic E-state index is 12.4. The second-order valence-corrected chi connectivity index (χ2v) is 6.35. The maximum atomic E-state index is 12.4. The number of methoxy groups -OCH3 is 1. The summed E-state index contributed by atoms with van der Waals surface area (Å²) < 4.78 is 5.21. The van der Waals surface area contributed by atoms with E-state index in [0.29, 0.717) is 11.3 Å². The van der Waals surface area contributed by atoms with E-state index in [2.05, 4.69) is 5.32 Å². The lowest BCUT2D eigenvalue weighted by Gasteiger charge is -2.12. The first-order chi connectivity index (χ1) is 12.4. The molecule has 8 nitrogen and oxygen atoms in total. The normalized spacial score (nSPS) is 15.4. The first-order valence-electron chi connectivity index (χ1n) is 7.79. The maximum Gasteiger partial charge on any atom is 0.303 e. The van der Waals surface area contributed by atoms with Gasteiger partial charge in [0.05, 0.1) is 12.0 Å². The number of rotatable bonds is 8. The average Bonchev–Trinajstić information content (AvgIpc) is 2.86. The number of hydrogen-bond donors (Lipinski definition) is 2. The Kier molecular flexibility index (Phi) is 6.79. The van der Waals surface area contributed by atoms with Crippen LogP contribution in [0.5, 0.6) is 5.75 Å². The summed E-state index contributed by atoms with van der Waals surface area (Å²) in [5.41, 5.74) is 0.652. The van der Waals surface area contributed by atoms with Crippen LogP contribution in [0.3, 0.4) is 0 Å². The Balaban J connectivity index is 1.99. The molecule has 0 aromatic heterocycles. The fourth-order valence-corrected chi connectivity index (χ4v) is 3.06. The summed E-state index contributed by atoms with van der Waals surface area (Å²) >= 11 is 0.755. The zero-order valence-electron chi connectivity index (χ0n) is 14.1. The SMILES string of the molecule is COc1ccccc1/C=C1\SC(=O)N(CC(=O)NCCCC(=O)O)C1=O. The minimum Gasteiger partial charge on any atom is -0.496 e. The van der Waals surface area contributed by atoms with Gasteiger partial charge in [-0.25, -0.2) is 0 Å². The monoisotopic (exact) mass is 378 g/mol. The molecule has 1 saturated heterocycles. The number of para-hydroxylation sites is 1. The van der Waals surface area contributed by atoms with Crippen LogP contribution in [0, 0.1) is 0 Å². The number of hydrogen-bond acceptors (Lipinski definition) is 6. The number of aliphatic carboxylic acids is 1. The molecule has 9 heteroatoms. The van der Waals surface area contributed by atoms with Crippen LogP contribution < -0.4 is 10.1 Å². The molecule has 0 unspecified atom stereocenters. The molecule has 1 aromatic rings. The summed E-state index contributed by atoms with van der Waals surface area (Å²) in [6.07, 6.45) is 1.76. The number of amides is 3. The van der Waals surface area contributed by atoms with Gasteiger partial charge in [0, 0.05) is 18.5 Å². The Morgan fingerprint density at radius 1 is 1.31 bits per heavy atom. The predicted molar refractivity (Wildman–Crippen MR) is 95.6 cm³/mol. The standard InChI is InChI=1S/C17H18N2O6S/c1-25-12-6-3-2-5-11(12)9-13-16(23)19(17(24)26-13)10-14(20)18-8-4-7-15(21)22/h2-3,5-6,9H,4,7-8,10H2,1H3,(H,18,20)(H,21,22)/b13-9-. The molecule has 1 aromatic carbocycles. The number of carbonyl (C=O) groups is 4. The van der Waals surface area contributed by atoms with Gasteiger partial charge in [-0.2, -0.15) is 0 Å². The van der Waals surface area contributed by atoms with Gasteiger partial charge in [-0.05, 0) is 30.3 Å². The van der Waals surface area contributed by atoms with E-state index in [9.17, 15) is 19.2 Å². The van der Waals surface area contributed by atoms with E-state index < -0.39 is 29.6 Å². The zero-order valence-corrected chi connectivity index (χ0v) is 14.9. The van der Waals surface area contributed by atoms with Gasteiger partial charge in [0.25, 0.3) is 11.1 Å². The van der Waals surface area contributed by atoms with Crippen LogP contribution in [0.25, 0.3) is 6.08 Å². The van der Waals surface area contributed by atoms with Crippen molar-refractivity contribution in [1.29, 1.82) is 0 Å². The molecular weight excluding hydrogens is 360 g/mol. The molecule has 1 heterocycles. The fourth-order valence-electron chi connectivity index (χ4n) is 2.23. The molecule has 0 saturated carbocycles. The third-order valence-electron chi connectivity index (χ3n) is 3.49. The average molecular weight is 378 g/mol. The first kappa shape index (κ1) is 19.5. The van der Waals surface area contributed by atoms with E-state index in [1.165, 1.54) is 7.11 Å². The van der Waals surface area contributed by atoms with Crippen LogP contribution in [-0.4, -0.2) is 53.2 Å². The van der Waals surface area contributed by atoms with Crippen LogP contribution in [0.4, 0.5) is 4.79 Å². The summed E-state index contributed by atoms with van der Waals surface area (Å²) in [6.45, 7) is -0.237. The lowest BCUT2D eigenvalue weighted by Crippen LogP contribution is -2.39. The van der Waals surface area contributed by atoms with E-state index in [1.807, 2.05) is 0 Å². The van der Waals surface area contributed by atoms with E-state index in [0.717, 1.165) is 16.7 Å². The smallest absolute Gasteiger partial charge is 0.303 e. The topological polar surface area (TPSA) is 113 Å². The van der Waals surface area contributed by atoms with Crippen LogP contribution in [0.1, 0.15) is 18.4 Å². The fraction of sp³-hybridized carbons (Fsp3) is 0.294. The Bertz CT molecular complexity index is 761. The molecule has 1 aliphatic rings.